The van der Waals surface area contributed by atoms with Crippen LogP contribution < -0.4 is 9.73 Å². The van der Waals surface area contributed by atoms with Gasteiger partial charge >= 0.3 is 10.2 Å². The summed E-state index contributed by atoms with van der Waals surface area (Å²) in [5.74, 6) is -0.415. The van der Waals surface area contributed by atoms with Crippen LogP contribution in [0.5, 0.6) is 0 Å². The second-order valence-electron chi connectivity index (χ2n) is 4.15. The van der Waals surface area contributed by atoms with Crippen LogP contribution in [0.1, 0.15) is 13.3 Å². The highest BCUT2D eigenvalue weighted by molar-refractivity contribution is 7.90. The Morgan fingerprint density at radius 3 is 2.47 bits per heavy atom. The van der Waals surface area contributed by atoms with Crippen LogP contribution in [0.4, 0.5) is 5.69 Å². The molecule has 1 saturated heterocycles. The van der Waals surface area contributed by atoms with E-state index in [1.165, 1.54) is 11.2 Å². The zero-order chi connectivity index (χ0) is 14.0. The number of hydrogen-bond donors (Lipinski definition) is 1. The fourth-order valence-corrected chi connectivity index (χ4v) is 3.58. The molecule has 19 heavy (non-hydrogen) atoms. The number of hydrogen-bond acceptors (Lipinski definition) is 3. The second-order valence-corrected chi connectivity index (χ2v) is 6.36. The van der Waals surface area contributed by atoms with E-state index < -0.39 is 16.1 Å². The van der Waals surface area contributed by atoms with E-state index >= 15 is 0 Å². The number of amides is 1. The van der Waals surface area contributed by atoms with E-state index in [0.717, 1.165) is 4.41 Å². The number of halogens is 1. The summed E-state index contributed by atoms with van der Waals surface area (Å²) in [5, 5.41) is 0.539. The Labute approximate surface area is 117 Å². The molecule has 1 amide bonds. The van der Waals surface area contributed by atoms with E-state index in [1.54, 1.807) is 24.3 Å². The van der Waals surface area contributed by atoms with Gasteiger partial charge in [-0.05, 0) is 30.7 Å². The molecule has 1 aromatic carbocycles. The molecule has 0 aromatic heterocycles. The van der Waals surface area contributed by atoms with Gasteiger partial charge < -0.3 is 0 Å². The van der Waals surface area contributed by atoms with Crippen molar-refractivity contribution in [2.75, 3.05) is 17.4 Å². The number of carbonyl (C=O) groups is 1. The highest BCUT2D eigenvalue weighted by Gasteiger charge is 2.34. The average molecular weight is 304 g/mol. The quantitative estimate of drug-likeness (QED) is 0.891. The van der Waals surface area contributed by atoms with Gasteiger partial charge in [-0.3, -0.25) is 14.5 Å². The number of nitrogens with one attached hydrogen (secondary N) is 1. The molecule has 1 heterocycles. The number of rotatable bonds is 2. The van der Waals surface area contributed by atoms with Crippen molar-refractivity contribution >= 4 is 33.4 Å². The molecule has 0 unspecified atom stereocenters. The molecule has 0 radical (unpaired) electrons. The minimum absolute atomic E-state index is 0.270. The van der Waals surface area contributed by atoms with Crippen molar-refractivity contribution in [2.45, 2.75) is 13.3 Å². The molecule has 2 rings (SSSR count). The normalized spacial score (nSPS) is 19.2. The Morgan fingerprint density at radius 2 is 1.89 bits per heavy atom. The molecule has 0 aliphatic carbocycles. The molecule has 0 spiro atoms. The molecular weight excluding hydrogens is 290 g/mol. The molecule has 0 atom stereocenters. The van der Waals surface area contributed by atoms with Crippen molar-refractivity contribution in [1.29, 1.82) is 0 Å². The summed E-state index contributed by atoms with van der Waals surface area (Å²) in [6.07, 6.45) is 0.627. The van der Waals surface area contributed by atoms with E-state index in [4.69, 9.17) is 11.6 Å². The predicted octanol–water partition coefficient (Wildman–Crippen LogP) is 1.15. The molecule has 1 aliphatic heterocycles. The third-order valence-corrected chi connectivity index (χ3v) is 4.71. The van der Waals surface area contributed by atoms with Crippen molar-refractivity contribution in [2.24, 2.45) is 0 Å². The molecule has 0 saturated carbocycles. The van der Waals surface area contributed by atoms with Crippen molar-refractivity contribution < 1.29 is 13.2 Å². The van der Waals surface area contributed by atoms with Crippen LogP contribution in [-0.2, 0) is 15.0 Å². The maximum absolute atomic E-state index is 12.3. The van der Waals surface area contributed by atoms with Gasteiger partial charge in [0, 0.05) is 25.0 Å². The SMILES string of the molecule is CC(=O)NN1CCCN(c2ccc(Cl)cc2)S1(=O)=O. The Kier molecular flexibility index (Phi) is 3.98. The van der Waals surface area contributed by atoms with Gasteiger partial charge in [-0.25, -0.2) is 0 Å². The molecule has 1 N–H and O–H groups in total. The smallest absolute Gasteiger partial charge is 0.274 e. The highest BCUT2D eigenvalue weighted by Crippen LogP contribution is 2.25. The van der Waals surface area contributed by atoms with Gasteiger partial charge in [-0.15, -0.1) is 0 Å². The average Bonchev–Trinajstić information content (AvgIpc) is 2.33. The zero-order valence-corrected chi connectivity index (χ0v) is 11.9. The van der Waals surface area contributed by atoms with Gasteiger partial charge in [0.2, 0.25) is 5.91 Å². The molecule has 1 aliphatic rings. The third-order valence-electron chi connectivity index (χ3n) is 2.68. The van der Waals surface area contributed by atoms with E-state index in [-0.39, 0.29) is 6.54 Å². The molecule has 104 valence electrons. The summed E-state index contributed by atoms with van der Waals surface area (Å²) in [5.41, 5.74) is 2.85. The van der Waals surface area contributed by atoms with Crippen LogP contribution in [-0.4, -0.2) is 31.8 Å². The largest absolute Gasteiger partial charge is 0.321 e. The number of anilines is 1. The van der Waals surface area contributed by atoms with Crippen LogP contribution in [0.3, 0.4) is 0 Å². The van der Waals surface area contributed by atoms with Gasteiger partial charge in [0.05, 0.1) is 5.69 Å². The predicted molar refractivity (Wildman–Crippen MR) is 72.9 cm³/mol. The third kappa shape index (κ3) is 2.99. The maximum atomic E-state index is 12.3. The van der Waals surface area contributed by atoms with Crippen LogP contribution in [0.25, 0.3) is 0 Å². The Hall–Kier alpha value is -1.31. The Morgan fingerprint density at radius 1 is 1.26 bits per heavy atom. The molecule has 8 heteroatoms. The fraction of sp³-hybridized carbons (Fsp3) is 0.364. The van der Waals surface area contributed by atoms with Crippen LogP contribution in [0.15, 0.2) is 24.3 Å². The first-order valence-corrected chi connectivity index (χ1v) is 7.52. The number of benzene rings is 1. The monoisotopic (exact) mass is 303 g/mol. The topological polar surface area (TPSA) is 69.7 Å². The van der Waals surface area contributed by atoms with Crippen molar-refractivity contribution in [3.63, 3.8) is 0 Å². The first-order chi connectivity index (χ1) is 8.91. The molecule has 6 nitrogen and oxygen atoms in total. The zero-order valence-electron chi connectivity index (χ0n) is 10.3. The molecule has 1 aromatic rings. The minimum Gasteiger partial charge on any atom is -0.274 e. The van der Waals surface area contributed by atoms with Crippen LogP contribution in [0, 0.1) is 0 Å². The van der Waals surface area contributed by atoms with Gasteiger partial charge in [-0.1, -0.05) is 16.0 Å². The second kappa shape index (κ2) is 5.36. The fourth-order valence-electron chi connectivity index (χ4n) is 1.87. The standard InChI is InChI=1S/C11H14ClN3O3S/c1-9(16)13-15-8-2-7-14(19(15,17)18)11-5-3-10(12)4-6-11/h3-6H,2,7-8H2,1H3,(H,13,16). The lowest BCUT2D eigenvalue weighted by Gasteiger charge is -2.35. The first-order valence-electron chi connectivity index (χ1n) is 5.74. The summed E-state index contributed by atoms with van der Waals surface area (Å²) in [7, 11) is -3.73. The lowest BCUT2D eigenvalue weighted by atomic mass is 10.3. The van der Waals surface area contributed by atoms with Crippen molar-refractivity contribution in [1.82, 2.24) is 9.84 Å². The number of nitrogens with zero attached hydrogens (tertiary/aromatic N) is 2. The van der Waals surface area contributed by atoms with Gasteiger partial charge in [0.1, 0.15) is 0 Å². The van der Waals surface area contributed by atoms with Crippen LogP contribution >= 0.6 is 11.6 Å². The summed E-state index contributed by atoms with van der Waals surface area (Å²) in [4.78, 5) is 11.0. The van der Waals surface area contributed by atoms with E-state index in [2.05, 4.69) is 5.43 Å². The summed E-state index contributed by atoms with van der Waals surface area (Å²) in [6.45, 7) is 1.92. The highest BCUT2D eigenvalue weighted by atomic mass is 35.5. The van der Waals surface area contributed by atoms with Gasteiger partial charge in [0.25, 0.3) is 0 Å². The van der Waals surface area contributed by atoms with Gasteiger partial charge in [-0.2, -0.15) is 8.42 Å². The summed E-state index contributed by atoms with van der Waals surface area (Å²) in [6, 6.07) is 6.53. The summed E-state index contributed by atoms with van der Waals surface area (Å²) >= 11 is 5.78. The Balaban J connectivity index is 2.30. The number of hydrazine groups is 1. The maximum Gasteiger partial charge on any atom is 0.321 e. The first kappa shape index (κ1) is 14.1. The molecular formula is C11H14ClN3O3S. The van der Waals surface area contributed by atoms with Crippen molar-refractivity contribution in [3.8, 4) is 0 Å². The Bertz CT molecular complexity index is 573. The van der Waals surface area contributed by atoms with Gasteiger partial charge in [0.15, 0.2) is 0 Å². The van der Waals surface area contributed by atoms with E-state index in [1.807, 2.05) is 0 Å². The van der Waals surface area contributed by atoms with E-state index in [0.29, 0.717) is 23.7 Å². The molecule has 1 fully saturated rings. The lowest BCUT2D eigenvalue weighted by Crippen LogP contribution is -2.56. The van der Waals surface area contributed by atoms with Crippen LogP contribution in [0.2, 0.25) is 5.02 Å². The van der Waals surface area contributed by atoms with E-state index in [9.17, 15) is 13.2 Å². The minimum atomic E-state index is -3.73. The van der Waals surface area contributed by atoms with Crippen molar-refractivity contribution in [3.05, 3.63) is 29.3 Å². The lowest BCUT2D eigenvalue weighted by molar-refractivity contribution is -0.121. The molecule has 0 bridgehead atoms. The summed E-state index contributed by atoms with van der Waals surface area (Å²) < 4.78 is 26.9. The number of carbonyl (C=O) groups excluding carboxylic acids is 1.